The molecule has 1 spiro atoms. The number of nitrogens with zero attached hydrogens (tertiary/aromatic N) is 3. The molecule has 2 aliphatic rings. The normalized spacial score (nSPS) is 20.3. The first-order valence-electron chi connectivity index (χ1n) is 5.74. The molecule has 0 aromatic carbocycles. The molecule has 0 bridgehead atoms. The number of hydrogen-bond donors (Lipinski definition) is 2. The smallest absolute Gasteiger partial charge is 0.331 e. The van der Waals surface area contributed by atoms with Gasteiger partial charge in [0.15, 0.2) is 0 Å². The molecule has 2 fully saturated rings. The third-order valence-electron chi connectivity index (χ3n) is 3.55. The van der Waals surface area contributed by atoms with Crippen molar-refractivity contribution in [2.45, 2.75) is 0 Å². The molecule has 96 valence electrons. The molecule has 0 saturated carbocycles. The third-order valence-corrected chi connectivity index (χ3v) is 3.55. The number of likely N-dealkylation sites (tertiary alicyclic amines) is 1. The van der Waals surface area contributed by atoms with Gasteiger partial charge in [-0.3, -0.25) is 5.43 Å². The predicted molar refractivity (Wildman–Crippen MR) is 63.1 cm³/mol. The van der Waals surface area contributed by atoms with E-state index in [1.807, 2.05) is 0 Å². The van der Waals surface area contributed by atoms with Gasteiger partial charge in [-0.25, -0.2) is 20.0 Å². The first-order valence-corrected chi connectivity index (χ1v) is 5.74. The van der Waals surface area contributed by atoms with Crippen molar-refractivity contribution >= 4 is 11.8 Å². The summed E-state index contributed by atoms with van der Waals surface area (Å²) in [5.41, 5.74) is 2.29. The second-order valence-corrected chi connectivity index (χ2v) is 5.00. The van der Waals surface area contributed by atoms with Gasteiger partial charge in [-0.1, -0.05) is 0 Å². The van der Waals surface area contributed by atoms with Crippen LogP contribution in [-0.4, -0.2) is 42.1 Å². The Morgan fingerprint density at radius 2 is 2.11 bits per heavy atom. The summed E-state index contributed by atoms with van der Waals surface area (Å²) in [6.45, 7) is 3.13. The maximum Gasteiger partial charge on any atom is 0.331 e. The van der Waals surface area contributed by atoms with Crippen molar-refractivity contribution in [3.8, 4) is 0 Å². The Labute approximate surface area is 104 Å². The number of anilines is 1. The average Bonchev–Trinajstić information content (AvgIpc) is 2.27. The lowest BCUT2D eigenvalue weighted by atomic mass is 9.73. The number of pyridine rings is 1. The number of halogens is 1. The van der Waals surface area contributed by atoms with Gasteiger partial charge in [-0.05, 0) is 12.1 Å². The van der Waals surface area contributed by atoms with Crippen LogP contribution in [0.1, 0.15) is 0 Å². The van der Waals surface area contributed by atoms with Gasteiger partial charge in [0.25, 0.3) is 0 Å². The highest BCUT2D eigenvalue weighted by molar-refractivity contribution is 5.75. The molecular weight excluding hydrogens is 237 g/mol. The molecule has 3 heterocycles. The van der Waals surface area contributed by atoms with Crippen LogP contribution < -0.4 is 16.2 Å². The van der Waals surface area contributed by atoms with Crippen molar-refractivity contribution in [3.63, 3.8) is 0 Å². The minimum atomic E-state index is -0.330. The minimum Gasteiger partial charge on any atom is -0.355 e. The van der Waals surface area contributed by atoms with Crippen LogP contribution >= 0.6 is 0 Å². The van der Waals surface area contributed by atoms with Crippen LogP contribution in [-0.2, 0) is 0 Å². The lowest BCUT2D eigenvalue weighted by Crippen LogP contribution is -2.74. The third kappa shape index (κ3) is 1.67. The standard InChI is InChI=1S/C11H14FN5O/c12-8-1-2-9(14-3-8)16-4-11(5-16)6-17(7-11)10(18)15-13/h1-3H,4-7,13H2,(H,15,18). The Hall–Kier alpha value is -1.89. The lowest BCUT2D eigenvalue weighted by Gasteiger charge is -2.60. The van der Waals surface area contributed by atoms with Gasteiger partial charge < -0.3 is 9.80 Å². The molecule has 3 rings (SSSR count). The number of nitrogens with one attached hydrogen (secondary N) is 1. The molecule has 2 amide bonds. The van der Waals surface area contributed by atoms with E-state index in [0.717, 1.165) is 18.9 Å². The summed E-state index contributed by atoms with van der Waals surface area (Å²) in [6, 6.07) is 2.84. The first-order chi connectivity index (χ1) is 8.62. The van der Waals surface area contributed by atoms with Crippen LogP contribution in [0.15, 0.2) is 18.3 Å². The number of urea groups is 1. The molecule has 1 aromatic heterocycles. The fraction of sp³-hybridized carbons (Fsp3) is 0.455. The Bertz CT molecular complexity index is 463. The Balaban J connectivity index is 1.55. The Morgan fingerprint density at radius 1 is 1.39 bits per heavy atom. The van der Waals surface area contributed by atoms with Gasteiger partial charge in [-0.15, -0.1) is 0 Å². The molecule has 6 nitrogen and oxygen atoms in total. The van der Waals surface area contributed by atoms with Crippen LogP contribution in [0.2, 0.25) is 0 Å². The van der Waals surface area contributed by atoms with E-state index < -0.39 is 0 Å². The van der Waals surface area contributed by atoms with E-state index in [-0.39, 0.29) is 17.3 Å². The summed E-state index contributed by atoms with van der Waals surface area (Å²) in [7, 11) is 0. The fourth-order valence-corrected chi connectivity index (χ4v) is 2.68. The molecule has 0 aliphatic carbocycles. The zero-order valence-corrected chi connectivity index (χ0v) is 9.77. The van der Waals surface area contributed by atoms with Crippen molar-refractivity contribution in [1.29, 1.82) is 0 Å². The topological polar surface area (TPSA) is 74.5 Å². The SMILES string of the molecule is NNC(=O)N1CC2(C1)CN(c1ccc(F)cn1)C2. The molecule has 0 atom stereocenters. The van der Waals surface area contributed by atoms with E-state index in [9.17, 15) is 9.18 Å². The van der Waals surface area contributed by atoms with Crippen LogP contribution in [0.4, 0.5) is 15.0 Å². The number of aromatic nitrogens is 1. The molecule has 0 unspecified atom stereocenters. The van der Waals surface area contributed by atoms with Crippen LogP contribution in [0.25, 0.3) is 0 Å². The summed E-state index contributed by atoms with van der Waals surface area (Å²) in [6.07, 6.45) is 1.22. The molecule has 7 heteroatoms. The van der Waals surface area contributed by atoms with Crippen LogP contribution in [0.3, 0.4) is 0 Å². The largest absolute Gasteiger partial charge is 0.355 e. The molecule has 0 radical (unpaired) electrons. The van der Waals surface area contributed by atoms with Gasteiger partial charge in [-0.2, -0.15) is 0 Å². The van der Waals surface area contributed by atoms with Crippen LogP contribution in [0.5, 0.6) is 0 Å². The zero-order valence-electron chi connectivity index (χ0n) is 9.77. The molecule has 18 heavy (non-hydrogen) atoms. The van der Waals surface area contributed by atoms with Crippen molar-refractivity contribution in [2.24, 2.45) is 11.3 Å². The highest BCUT2D eigenvalue weighted by Gasteiger charge is 2.53. The maximum atomic E-state index is 12.7. The average molecular weight is 251 g/mol. The fourth-order valence-electron chi connectivity index (χ4n) is 2.68. The minimum absolute atomic E-state index is 0.169. The number of hydrogen-bond acceptors (Lipinski definition) is 4. The van der Waals surface area contributed by atoms with Gasteiger partial charge in [0.2, 0.25) is 0 Å². The second kappa shape index (κ2) is 3.81. The number of rotatable bonds is 1. The van der Waals surface area contributed by atoms with Crippen molar-refractivity contribution in [3.05, 3.63) is 24.1 Å². The summed E-state index contributed by atoms with van der Waals surface area (Å²) in [5, 5.41) is 0. The van der Waals surface area contributed by atoms with E-state index in [1.165, 1.54) is 12.3 Å². The van der Waals surface area contributed by atoms with Gasteiger partial charge >= 0.3 is 6.03 Å². The van der Waals surface area contributed by atoms with Gasteiger partial charge in [0.1, 0.15) is 11.6 Å². The lowest BCUT2D eigenvalue weighted by molar-refractivity contribution is 0.00741. The highest BCUT2D eigenvalue weighted by Crippen LogP contribution is 2.41. The molecular formula is C11H14FN5O. The van der Waals surface area contributed by atoms with E-state index >= 15 is 0 Å². The van der Waals surface area contributed by atoms with E-state index in [2.05, 4.69) is 15.3 Å². The van der Waals surface area contributed by atoms with Crippen LogP contribution in [0, 0.1) is 11.2 Å². The van der Waals surface area contributed by atoms with E-state index in [1.54, 1.807) is 11.0 Å². The molecule has 3 N–H and O–H groups in total. The number of carbonyl (C=O) groups is 1. The number of hydrazine groups is 1. The summed E-state index contributed by atoms with van der Waals surface area (Å²) in [4.78, 5) is 19.0. The van der Waals surface area contributed by atoms with Gasteiger partial charge in [0.05, 0.1) is 6.20 Å². The van der Waals surface area contributed by atoms with Crippen molar-refractivity contribution in [1.82, 2.24) is 15.3 Å². The number of carbonyl (C=O) groups excluding carboxylic acids is 1. The number of nitrogens with two attached hydrogens (primary N) is 1. The summed E-state index contributed by atoms with van der Waals surface area (Å²) < 4.78 is 12.7. The predicted octanol–water partition coefficient (Wildman–Crippen LogP) is -0.0740. The summed E-state index contributed by atoms with van der Waals surface area (Å²) in [5.74, 6) is 5.52. The van der Waals surface area contributed by atoms with Crippen molar-refractivity contribution in [2.75, 3.05) is 31.1 Å². The molecule has 2 aliphatic heterocycles. The van der Waals surface area contributed by atoms with E-state index in [4.69, 9.17) is 5.84 Å². The number of amides is 2. The Morgan fingerprint density at radius 3 is 2.67 bits per heavy atom. The second-order valence-electron chi connectivity index (χ2n) is 5.00. The zero-order chi connectivity index (χ0) is 12.8. The monoisotopic (exact) mass is 251 g/mol. The quantitative estimate of drug-likeness (QED) is 0.416. The van der Waals surface area contributed by atoms with E-state index in [0.29, 0.717) is 13.1 Å². The first kappa shape index (κ1) is 11.2. The summed E-state index contributed by atoms with van der Waals surface area (Å²) >= 11 is 0. The van der Waals surface area contributed by atoms with Gasteiger partial charge in [0, 0.05) is 31.6 Å². The maximum absolute atomic E-state index is 12.7. The molecule has 1 aromatic rings. The molecule has 2 saturated heterocycles. The highest BCUT2D eigenvalue weighted by atomic mass is 19.1. The Kier molecular flexibility index (Phi) is 2.37. The van der Waals surface area contributed by atoms with Crippen molar-refractivity contribution < 1.29 is 9.18 Å².